The molecule has 0 aliphatic heterocycles. The highest BCUT2D eigenvalue weighted by Gasteiger charge is 2.39. The first kappa shape index (κ1) is 13.1. The highest BCUT2D eigenvalue weighted by Crippen LogP contribution is 2.49. The molecular formula is C14H12N4O3. The molecule has 0 radical (unpaired) electrons. The van der Waals surface area contributed by atoms with Crippen LogP contribution in [0.1, 0.15) is 17.9 Å². The van der Waals surface area contributed by atoms with E-state index in [1.165, 1.54) is 13.3 Å². The number of terminal acetylenes is 1. The Kier molecular flexibility index (Phi) is 3.06. The van der Waals surface area contributed by atoms with E-state index in [0.29, 0.717) is 11.6 Å². The van der Waals surface area contributed by atoms with Crippen molar-refractivity contribution in [3.8, 4) is 29.5 Å². The third-order valence-electron chi connectivity index (χ3n) is 3.48. The molecule has 106 valence electrons. The number of H-pyrrole nitrogens is 2. The fourth-order valence-corrected chi connectivity index (χ4v) is 2.27. The summed E-state index contributed by atoms with van der Waals surface area (Å²) < 4.78 is 5.19. The molecule has 7 nitrogen and oxygen atoms in total. The molecule has 2 aromatic heterocycles. The van der Waals surface area contributed by atoms with E-state index in [9.17, 15) is 9.59 Å². The number of aromatic amines is 2. The van der Waals surface area contributed by atoms with E-state index in [-0.39, 0.29) is 17.4 Å². The second-order valence-electron chi connectivity index (χ2n) is 4.80. The van der Waals surface area contributed by atoms with Crippen LogP contribution in [0.4, 0.5) is 0 Å². The van der Waals surface area contributed by atoms with Crippen LogP contribution in [0.2, 0.25) is 0 Å². The molecule has 7 heteroatoms. The van der Waals surface area contributed by atoms with Gasteiger partial charge in [-0.2, -0.15) is 0 Å². The lowest BCUT2D eigenvalue weighted by Gasteiger charge is -2.07. The van der Waals surface area contributed by atoms with Gasteiger partial charge in [0, 0.05) is 23.6 Å². The first-order valence-electron chi connectivity index (χ1n) is 6.34. The summed E-state index contributed by atoms with van der Waals surface area (Å²) in [6.07, 6.45) is 7.60. The average molecular weight is 284 g/mol. The molecule has 0 aromatic carbocycles. The third-order valence-corrected chi connectivity index (χ3v) is 3.48. The summed E-state index contributed by atoms with van der Waals surface area (Å²) in [6.45, 7) is 0. The van der Waals surface area contributed by atoms with E-state index in [4.69, 9.17) is 11.2 Å². The van der Waals surface area contributed by atoms with Gasteiger partial charge in [-0.3, -0.25) is 9.78 Å². The van der Waals surface area contributed by atoms with E-state index in [2.05, 4.69) is 26.1 Å². The highest BCUT2D eigenvalue weighted by atomic mass is 16.5. The normalized spacial score (nSPS) is 19.8. The molecule has 2 N–H and O–H groups in total. The fourth-order valence-electron chi connectivity index (χ4n) is 2.27. The van der Waals surface area contributed by atoms with Crippen molar-refractivity contribution in [3.63, 3.8) is 0 Å². The van der Waals surface area contributed by atoms with E-state index < -0.39 is 11.2 Å². The molecule has 0 spiro atoms. The van der Waals surface area contributed by atoms with Crippen molar-refractivity contribution in [2.24, 2.45) is 5.92 Å². The minimum absolute atomic E-state index is 0.157. The van der Waals surface area contributed by atoms with Crippen molar-refractivity contribution < 1.29 is 4.74 Å². The maximum atomic E-state index is 11.8. The predicted molar refractivity (Wildman–Crippen MR) is 74.9 cm³/mol. The molecule has 1 saturated carbocycles. The van der Waals surface area contributed by atoms with E-state index in [1.54, 1.807) is 6.07 Å². The molecule has 1 aliphatic rings. The number of ether oxygens (including phenoxy) is 1. The molecule has 2 heterocycles. The van der Waals surface area contributed by atoms with Crippen LogP contribution in [0.15, 0.2) is 21.9 Å². The maximum absolute atomic E-state index is 11.8. The van der Waals surface area contributed by atoms with E-state index in [1.807, 2.05) is 0 Å². The summed E-state index contributed by atoms with van der Waals surface area (Å²) in [5.74, 6) is 3.43. The van der Waals surface area contributed by atoms with Gasteiger partial charge in [0.2, 0.25) is 5.88 Å². The standard InChI is InChI=1S/C14H12N4O3/c1-3-7-4-8(7)9-5-11(17-18-13(9)21-2)10-6-15-14(20)16-12(10)19/h1,5-8H,4H2,2H3,(H2,15,16,19,20)/t7-,8-/m0/s1. The Balaban J connectivity index is 2.09. The zero-order valence-electron chi connectivity index (χ0n) is 11.2. The van der Waals surface area contributed by atoms with E-state index in [0.717, 1.165) is 12.0 Å². The summed E-state index contributed by atoms with van der Waals surface area (Å²) in [6, 6.07) is 1.73. The molecular weight excluding hydrogens is 272 g/mol. The van der Waals surface area contributed by atoms with Gasteiger partial charge >= 0.3 is 5.69 Å². The van der Waals surface area contributed by atoms with Gasteiger partial charge < -0.3 is 9.72 Å². The van der Waals surface area contributed by atoms with Crippen LogP contribution < -0.4 is 16.0 Å². The maximum Gasteiger partial charge on any atom is 0.325 e. The first-order chi connectivity index (χ1) is 10.1. The van der Waals surface area contributed by atoms with Crippen molar-refractivity contribution in [2.45, 2.75) is 12.3 Å². The van der Waals surface area contributed by atoms with Crippen molar-refractivity contribution >= 4 is 0 Å². The van der Waals surface area contributed by atoms with Crippen LogP contribution in [0.25, 0.3) is 11.3 Å². The van der Waals surface area contributed by atoms with Gasteiger partial charge in [-0.1, -0.05) is 0 Å². The molecule has 1 aliphatic carbocycles. The average Bonchev–Trinajstić information content (AvgIpc) is 3.26. The molecule has 2 atom stereocenters. The fraction of sp³-hybridized carbons (Fsp3) is 0.286. The summed E-state index contributed by atoms with van der Waals surface area (Å²) >= 11 is 0. The summed E-state index contributed by atoms with van der Waals surface area (Å²) in [5, 5.41) is 7.94. The number of hydrogen-bond acceptors (Lipinski definition) is 5. The Morgan fingerprint density at radius 1 is 1.43 bits per heavy atom. The summed E-state index contributed by atoms with van der Waals surface area (Å²) in [7, 11) is 1.51. The second-order valence-corrected chi connectivity index (χ2v) is 4.80. The van der Waals surface area contributed by atoms with Gasteiger partial charge in [-0.25, -0.2) is 4.79 Å². The SMILES string of the molecule is C#C[C@H]1C[C@@H]1c1cc(-c2c[nH]c(=O)[nH]c2=O)nnc1OC. The molecule has 0 amide bonds. The lowest BCUT2D eigenvalue weighted by Crippen LogP contribution is -2.23. The third kappa shape index (κ3) is 2.31. The van der Waals surface area contributed by atoms with E-state index >= 15 is 0 Å². The van der Waals surface area contributed by atoms with Crippen LogP contribution in [0.5, 0.6) is 5.88 Å². The molecule has 0 saturated heterocycles. The number of nitrogens with one attached hydrogen (secondary N) is 2. The Morgan fingerprint density at radius 3 is 2.86 bits per heavy atom. The van der Waals surface area contributed by atoms with Crippen LogP contribution >= 0.6 is 0 Å². The Morgan fingerprint density at radius 2 is 2.24 bits per heavy atom. The lowest BCUT2D eigenvalue weighted by atomic mass is 10.1. The molecule has 21 heavy (non-hydrogen) atoms. The molecule has 3 rings (SSSR count). The lowest BCUT2D eigenvalue weighted by molar-refractivity contribution is 0.386. The minimum Gasteiger partial charge on any atom is -0.480 e. The topological polar surface area (TPSA) is 101 Å². The minimum atomic E-state index is -0.569. The predicted octanol–water partition coefficient (Wildman–Crippen LogP) is 0.265. The largest absolute Gasteiger partial charge is 0.480 e. The zero-order chi connectivity index (χ0) is 15.0. The Labute approximate surface area is 119 Å². The Bertz CT molecular complexity index is 846. The van der Waals surface area contributed by atoms with Gasteiger partial charge in [0.25, 0.3) is 5.56 Å². The van der Waals surface area contributed by atoms with Gasteiger partial charge in [-0.15, -0.1) is 22.5 Å². The Hall–Kier alpha value is -2.88. The van der Waals surface area contributed by atoms with Crippen LogP contribution in [-0.2, 0) is 0 Å². The highest BCUT2D eigenvalue weighted by molar-refractivity contribution is 5.58. The van der Waals surface area contributed by atoms with Gasteiger partial charge in [0.1, 0.15) is 5.69 Å². The summed E-state index contributed by atoms with van der Waals surface area (Å²) in [4.78, 5) is 27.4. The monoisotopic (exact) mass is 284 g/mol. The number of hydrogen-bond donors (Lipinski definition) is 2. The first-order valence-corrected chi connectivity index (χ1v) is 6.34. The summed E-state index contributed by atoms with van der Waals surface area (Å²) in [5.41, 5.74) is 0.347. The van der Waals surface area contributed by atoms with Crippen molar-refractivity contribution in [3.05, 3.63) is 38.7 Å². The smallest absolute Gasteiger partial charge is 0.325 e. The van der Waals surface area contributed by atoms with Crippen molar-refractivity contribution in [1.82, 2.24) is 20.2 Å². The quantitative estimate of drug-likeness (QED) is 0.788. The van der Waals surface area contributed by atoms with Crippen LogP contribution in [0.3, 0.4) is 0 Å². The number of nitrogens with zero attached hydrogens (tertiary/aromatic N) is 2. The van der Waals surface area contributed by atoms with Crippen molar-refractivity contribution in [1.29, 1.82) is 0 Å². The zero-order valence-corrected chi connectivity index (χ0v) is 11.2. The van der Waals surface area contributed by atoms with Crippen molar-refractivity contribution in [2.75, 3.05) is 7.11 Å². The van der Waals surface area contributed by atoms with Gasteiger partial charge in [0.15, 0.2) is 0 Å². The van der Waals surface area contributed by atoms with Gasteiger partial charge in [0.05, 0.1) is 12.7 Å². The number of aromatic nitrogens is 4. The molecule has 2 aromatic rings. The molecule has 0 bridgehead atoms. The molecule has 1 fully saturated rings. The molecule has 0 unspecified atom stereocenters. The van der Waals surface area contributed by atoms with Gasteiger partial charge in [-0.05, 0) is 12.5 Å². The number of rotatable bonds is 3. The number of methoxy groups -OCH3 is 1. The second kappa shape index (κ2) is 4.90. The van der Waals surface area contributed by atoms with Crippen LogP contribution in [0, 0.1) is 18.3 Å². The van der Waals surface area contributed by atoms with Crippen LogP contribution in [-0.4, -0.2) is 27.3 Å².